The number of unbranched alkanes of at least 4 members (excludes halogenated alkanes) is 1. The fourth-order valence-corrected chi connectivity index (χ4v) is 2.77. The summed E-state index contributed by atoms with van der Waals surface area (Å²) < 4.78 is 0. The zero-order chi connectivity index (χ0) is 13.1. The molecule has 2 rings (SSSR count). The number of nitrogens with zero attached hydrogens (tertiary/aromatic N) is 1. The fourth-order valence-electron chi connectivity index (χ4n) is 2.52. The smallest absolute Gasteiger partial charge is 0.224 e. The second-order valence-corrected chi connectivity index (χ2v) is 5.18. The fraction of sp³-hybridized carbons (Fsp3) is 0.500. The number of carbonyl (C=O) groups excluding carboxylic acids is 1. The van der Waals surface area contributed by atoms with Crippen LogP contribution in [0.2, 0.25) is 5.02 Å². The maximum atomic E-state index is 12.0. The SMILES string of the molecule is CCCCN1C(=O)CC(N)C1c1ccccc1Cl. The molecular formula is C14H19ClN2O. The lowest BCUT2D eigenvalue weighted by Gasteiger charge is -2.27. The van der Waals surface area contributed by atoms with Crippen LogP contribution in [0.3, 0.4) is 0 Å². The molecule has 0 bridgehead atoms. The average Bonchev–Trinajstić information content (AvgIpc) is 2.62. The van der Waals surface area contributed by atoms with E-state index < -0.39 is 0 Å². The Morgan fingerprint density at radius 2 is 2.17 bits per heavy atom. The second kappa shape index (κ2) is 5.72. The molecule has 1 aromatic rings. The summed E-state index contributed by atoms with van der Waals surface area (Å²) in [5.74, 6) is 0.140. The van der Waals surface area contributed by atoms with Crippen LogP contribution in [0, 0.1) is 0 Å². The Hall–Kier alpha value is -1.06. The van der Waals surface area contributed by atoms with E-state index in [4.69, 9.17) is 17.3 Å². The van der Waals surface area contributed by atoms with E-state index in [0.29, 0.717) is 11.4 Å². The Morgan fingerprint density at radius 1 is 1.44 bits per heavy atom. The molecule has 18 heavy (non-hydrogen) atoms. The number of hydrogen-bond acceptors (Lipinski definition) is 2. The summed E-state index contributed by atoms with van der Waals surface area (Å²) in [6.07, 6.45) is 2.48. The summed E-state index contributed by atoms with van der Waals surface area (Å²) in [5, 5.41) is 0.689. The highest BCUT2D eigenvalue weighted by Gasteiger charge is 2.38. The highest BCUT2D eigenvalue weighted by molar-refractivity contribution is 6.31. The molecule has 1 amide bonds. The molecular weight excluding hydrogens is 248 g/mol. The predicted molar refractivity (Wildman–Crippen MR) is 73.4 cm³/mol. The van der Waals surface area contributed by atoms with Gasteiger partial charge in [0, 0.05) is 24.0 Å². The first-order chi connectivity index (χ1) is 8.65. The van der Waals surface area contributed by atoms with Gasteiger partial charge in [-0.2, -0.15) is 0 Å². The zero-order valence-corrected chi connectivity index (χ0v) is 11.4. The Morgan fingerprint density at radius 3 is 2.83 bits per heavy atom. The largest absolute Gasteiger partial charge is 0.334 e. The van der Waals surface area contributed by atoms with Gasteiger partial charge in [-0.05, 0) is 18.1 Å². The van der Waals surface area contributed by atoms with Gasteiger partial charge in [-0.15, -0.1) is 0 Å². The van der Waals surface area contributed by atoms with Gasteiger partial charge in [0.2, 0.25) is 5.91 Å². The number of amides is 1. The van der Waals surface area contributed by atoms with E-state index in [9.17, 15) is 4.79 Å². The van der Waals surface area contributed by atoms with Gasteiger partial charge in [0.1, 0.15) is 0 Å². The van der Waals surface area contributed by atoms with Gasteiger partial charge in [-0.1, -0.05) is 43.1 Å². The molecule has 1 aromatic carbocycles. The summed E-state index contributed by atoms with van der Waals surface area (Å²) in [4.78, 5) is 13.9. The summed E-state index contributed by atoms with van der Waals surface area (Å²) in [5.41, 5.74) is 7.08. The lowest BCUT2D eigenvalue weighted by Crippen LogP contribution is -2.33. The van der Waals surface area contributed by atoms with Crippen molar-refractivity contribution in [1.29, 1.82) is 0 Å². The quantitative estimate of drug-likeness (QED) is 0.911. The van der Waals surface area contributed by atoms with E-state index >= 15 is 0 Å². The van der Waals surface area contributed by atoms with Crippen molar-refractivity contribution < 1.29 is 4.79 Å². The third-order valence-electron chi connectivity index (χ3n) is 3.45. The van der Waals surface area contributed by atoms with Gasteiger partial charge >= 0.3 is 0 Å². The number of halogens is 1. The molecule has 4 heteroatoms. The highest BCUT2D eigenvalue weighted by Crippen LogP contribution is 2.35. The molecule has 2 unspecified atom stereocenters. The maximum Gasteiger partial charge on any atom is 0.224 e. The first kappa shape index (κ1) is 13.4. The lowest BCUT2D eigenvalue weighted by atomic mass is 10.0. The summed E-state index contributed by atoms with van der Waals surface area (Å²) in [6, 6.07) is 7.42. The Kier molecular flexibility index (Phi) is 4.25. The van der Waals surface area contributed by atoms with Crippen LogP contribution in [0.4, 0.5) is 0 Å². The van der Waals surface area contributed by atoms with E-state index in [-0.39, 0.29) is 18.0 Å². The molecule has 0 aromatic heterocycles. The van der Waals surface area contributed by atoms with Crippen molar-refractivity contribution in [3.8, 4) is 0 Å². The number of nitrogens with two attached hydrogens (primary N) is 1. The van der Waals surface area contributed by atoms with Crippen molar-refractivity contribution in [2.45, 2.75) is 38.3 Å². The topological polar surface area (TPSA) is 46.3 Å². The summed E-state index contributed by atoms with van der Waals surface area (Å²) >= 11 is 6.22. The molecule has 1 saturated heterocycles. The Bertz CT molecular complexity index is 436. The van der Waals surface area contributed by atoms with Crippen LogP contribution >= 0.6 is 11.6 Å². The van der Waals surface area contributed by atoms with Crippen molar-refractivity contribution in [2.75, 3.05) is 6.54 Å². The van der Waals surface area contributed by atoms with Gasteiger partial charge in [0.25, 0.3) is 0 Å². The molecule has 0 saturated carbocycles. The molecule has 1 fully saturated rings. The van der Waals surface area contributed by atoms with Crippen molar-refractivity contribution in [3.63, 3.8) is 0 Å². The Balaban J connectivity index is 2.28. The van der Waals surface area contributed by atoms with Gasteiger partial charge in [0.05, 0.1) is 6.04 Å². The molecule has 3 nitrogen and oxygen atoms in total. The molecule has 0 aliphatic carbocycles. The van der Waals surface area contributed by atoms with Crippen LogP contribution in [-0.4, -0.2) is 23.4 Å². The number of benzene rings is 1. The normalized spacial score (nSPS) is 23.7. The average molecular weight is 267 g/mol. The molecule has 98 valence electrons. The van der Waals surface area contributed by atoms with E-state index in [2.05, 4.69) is 6.92 Å². The Labute approximate surface area is 113 Å². The lowest BCUT2D eigenvalue weighted by molar-refractivity contribution is -0.129. The van der Waals surface area contributed by atoms with Gasteiger partial charge < -0.3 is 10.6 Å². The molecule has 1 aliphatic rings. The molecule has 2 atom stereocenters. The number of hydrogen-bond donors (Lipinski definition) is 1. The van der Waals surface area contributed by atoms with Crippen LogP contribution in [0.15, 0.2) is 24.3 Å². The van der Waals surface area contributed by atoms with E-state index in [0.717, 1.165) is 24.9 Å². The molecule has 1 aliphatic heterocycles. The zero-order valence-electron chi connectivity index (χ0n) is 10.6. The molecule has 1 heterocycles. The molecule has 2 N–H and O–H groups in total. The van der Waals surface area contributed by atoms with Crippen LogP contribution in [0.25, 0.3) is 0 Å². The second-order valence-electron chi connectivity index (χ2n) is 4.78. The third-order valence-corrected chi connectivity index (χ3v) is 3.79. The maximum absolute atomic E-state index is 12.0. The standard InChI is InChI=1S/C14H19ClN2O/c1-2-3-8-17-13(18)9-12(16)14(17)10-6-4-5-7-11(10)15/h4-7,12,14H,2-3,8-9,16H2,1H3. The monoisotopic (exact) mass is 266 g/mol. The van der Waals surface area contributed by atoms with Gasteiger partial charge in [-0.3, -0.25) is 4.79 Å². The number of carbonyl (C=O) groups is 1. The number of likely N-dealkylation sites (tertiary alicyclic amines) is 1. The molecule has 0 radical (unpaired) electrons. The van der Waals surface area contributed by atoms with Gasteiger partial charge in [-0.25, -0.2) is 0 Å². The van der Waals surface area contributed by atoms with Gasteiger partial charge in [0.15, 0.2) is 0 Å². The van der Waals surface area contributed by atoms with E-state index in [1.54, 1.807) is 0 Å². The van der Waals surface area contributed by atoms with Crippen molar-refractivity contribution in [2.24, 2.45) is 5.73 Å². The van der Waals surface area contributed by atoms with Crippen molar-refractivity contribution in [3.05, 3.63) is 34.9 Å². The van der Waals surface area contributed by atoms with E-state index in [1.165, 1.54) is 0 Å². The first-order valence-electron chi connectivity index (χ1n) is 6.44. The van der Waals surface area contributed by atoms with E-state index in [1.807, 2.05) is 29.2 Å². The van der Waals surface area contributed by atoms with Crippen molar-refractivity contribution in [1.82, 2.24) is 4.90 Å². The number of rotatable bonds is 4. The van der Waals surface area contributed by atoms with Crippen LogP contribution in [0.5, 0.6) is 0 Å². The van der Waals surface area contributed by atoms with Crippen LogP contribution in [-0.2, 0) is 4.79 Å². The summed E-state index contributed by atoms with van der Waals surface area (Å²) in [6.45, 7) is 2.88. The molecule has 0 spiro atoms. The third kappa shape index (κ3) is 2.52. The predicted octanol–water partition coefficient (Wildman–Crippen LogP) is 2.74. The van der Waals surface area contributed by atoms with Crippen LogP contribution < -0.4 is 5.73 Å². The summed E-state index contributed by atoms with van der Waals surface area (Å²) in [7, 11) is 0. The van der Waals surface area contributed by atoms with Crippen LogP contribution in [0.1, 0.15) is 37.8 Å². The minimum absolute atomic E-state index is 0.0715. The minimum atomic E-state index is -0.158. The first-order valence-corrected chi connectivity index (χ1v) is 6.82. The highest BCUT2D eigenvalue weighted by atomic mass is 35.5. The minimum Gasteiger partial charge on any atom is -0.334 e. The van der Waals surface area contributed by atoms with Crippen molar-refractivity contribution >= 4 is 17.5 Å².